The van der Waals surface area contributed by atoms with Crippen LogP contribution in [0.25, 0.3) is 21.5 Å². The zero-order valence-corrected chi connectivity index (χ0v) is 24.3. The van der Waals surface area contributed by atoms with Gasteiger partial charge in [0.15, 0.2) is 0 Å². The Morgan fingerprint density at radius 2 is 1.40 bits per heavy atom. The first-order valence-corrected chi connectivity index (χ1v) is 14.6. The maximum atomic E-state index is 13.2. The topological polar surface area (TPSA) is 61.8 Å². The van der Waals surface area contributed by atoms with Crippen LogP contribution in [0.4, 0.5) is 0 Å². The minimum Gasteiger partial charge on any atom is -0.480 e. The molecular formula is C36H32O5S. The van der Waals surface area contributed by atoms with E-state index in [2.05, 4.69) is 19.7 Å². The molecule has 1 saturated heterocycles. The van der Waals surface area contributed by atoms with E-state index in [0.29, 0.717) is 23.3 Å². The largest absolute Gasteiger partial charge is 0.480 e. The van der Waals surface area contributed by atoms with Crippen LogP contribution < -0.4 is 0 Å². The second-order valence-electron chi connectivity index (χ2n) is 10.2. The van der Waals surface area contributed by atoms with Gasteiger partial charge in [-0.25, -0.2) is 9.59 Å². The van der Waals surface area contributed by atoms with Gasteiger partial charge >= 0.3 is 11.9 Å². The van der Waals surface area contributed by atoms with E-state index in [0.717, 1.165) is 32.7 Å². The lowest BCUT2D eigenvalue weighted by atomic mass is 10.1. The summed E-state index contributed by atoms with van der Waals surface area (Å²) in [4.78, 5) is 26.2. The lowest BCUT2D eigenvalue weighted by Crippen LogP contribution is -2.29. The van der Waals surface area contributed by atoms with Gasteiger partial charge in [0.1, 0.15) is 23.9 Å². The lowest BCUT2D eigenvalue weighted by Gasteiger charge is -2.19. The molecule has 0 spiro atoms. The molecule has 1 unspecified atom stereocenters. The molecule has 0 bridgehead atoms. The molecule has 4 aromatic rings. The van der Waals surface area contributed by atoms with Crippen LogP contribution in [0.1, 0.15) is 34.1 Å². The maximum Gasteiger partial charge on any atom is 0.338 e. The third-order valence-electron chi connectivity index (χ3n) is 7.15. The number of fused-ring (bicyclic) bond motifs is 2. The number of ether oxygens (including phenoxy) is 3. The van der Waals surface area contributed by atoms with Gasteiger partial charge in [0.05, 0.1) is 16.4 Å². The van der Waals surface area contributed by atoms with E-state index < -0.39 is 18.0 Å². The van der Waals surface area contributed by atoms with E-state index in [1.54, 1.807) is 18.2 Å². The van der Waals surface area contributed by atoms with Crippen molar-refractivity contribution in [3.63, 3.8) is 0 Å². The summed E-state index contributed by atoms with van der Waals surface area (Å²) in [6, 6.07) is 26.6. The SMILES string of the molecule is C=CC(=C)/C=C(\C)C(=C)OC1C[C@@H](OC(=O)c2ccc3ccccc3c2)[C@H](COC(=O)c2ccc3ccccc3c2)S1. The number of hydrogen-bond donors (Lipinski definition) is 0. The molecule has 0 N–H and O–H groups in total. The zero-order chi connectivity index (χ0) is 29.6. The van der Waals surface area contributed by atoms with E-state index >= 15 is 0 Å². The summed E-state index contributed by atoms with van der Waals surface area (Å²) in [5, 5.41) is 3.67. The molecule has 5 rings (SSSR count). The molecule has 6 heteroatoms. The monoisotopic (exact) mass is 576 g/mol. The molecule has 4 aromatic carbocycles. The van der Waals surface area contributed by atoms with Crippen molar-refractivity contribution in [1.29, 1.82) is 0 Å². The molecule has 0 aliphatic carbocycles. The molecule has 212 valence electrons. The first-order chi connectivity index (χ1) is 20.3. The van der Waals surface area contributed by atoms with Crippen LogP contribution in [-0.2, 0) is 14.2 Å². The van der Waals surface area contributed by atoms with Gasteiger partial charge in [-0.3, -0.25) is 0 Å². The highest BCUT2D eigenvalue weighted by atomic mass is 32.2. The first-order valence-electron chi connectivity index (χ1n) is 13.7. The van der Waals surface area contributed by atoms with Crippen LogP contribution in [0.2, 0.25) is 0 Å². The van der Waals surface area contributed by atoms with Gasteiger partial charge in [-0.1, -0.05) is 86.5 Å². The smallest absolute Gasteiger partial charge is 0.338 e. The summed E-state index contributed by atoms with van der Waals surface area (Å²) in [5.74, 6) is -0.379. The second-order valence-corrected chi connectivity index (χ2v) is 11.6. The number of rotatable bonds is 10. The van der Waals surface area contributed by atoms with Gasteiger partial charge in [0.25, 0.3) is 0 Å². The molecule has 3 atom stereocenters. The van der Waals surface area contributed by atoms with Crippen molar-refractivity contribution in [2.45, 2.75) is 30.1 Å². The lowest BCUT2D eigenvalue weighted by molar-refractivity contribution is 0.0166. The van der Waals surface area contributed by atoms with Crippen molar-refractivity contribution in [1.82, 2.24) is 0 Å². The minimum atomic E-state index is -0.538. The molecule has 0 saturated carbocycles. The van der Waals surface area contributed by atoms with Gasteiger partial charge in [-0.2, -0.15) is 0 Å². The van der Waals surface area contributed by atoms with Crippen LogP contribution in [0.3, 0.4) is 0 Å². The van der Waals surface area contributed by atoms with Crippen LogP contribution in [0.5, 0.6) is 0 Å². The number of benzene rings is 4. The third-order valence-corrected chi connectivity index (χ3v) is 8.53. The molecular weight excluding hydrogens is 544 g/mol. The average molecular weight is 577 g/mol. The molecule has 42 heavy (non-hydrogen) atoms. The van der Waals surface area contributed by atoms with Gasteiger partial charge in [0.2, 0.25) is 0 Å². The highest BCUT2D eigenvalue weighted by Gasteiger charge is 2.40. The van der Waals surface area contributed by atoms with Crippen LogP contribution >= 0.6 is 11.8 Å². The Kier molecular flexibility index (Phi) is 8.94. The highest BCUT2D eigenvalue weighted by Crippen LogP contribution is 2.39. The van der Waals surface area contributed by atoms with Crippen LogP contribution in [-0.4, -0.2) is 35.3 Å². The normalized spacial score (nSPS) is 18.4. The molecule has 5 nitrogen and oxygen atoms in total. The fourth-order valence-electron chi connectivity index (χ4n) is 4.77. The van der Waals surface area contributed by atoms with Crippen molar-refractivity contribution >= 4 is 45.2 Å². The number of thioether (sulfide) groups is 1. The van der Waals surface area contributed by atoms with E-state index in [-0.39, 0.29) is 17.3 Å². The molecule has 0 aromatic heterocycles. The predicted molar refractivity (Wildman–Crippen MR) is 170 cm³/mol. The summed E-state index contributed by atoms with van der Waals surface area (Å²) < 4.78 is 17.9. The predicted octanol–water partition coefficient (Wildman–Crippen LogP) is 8.43. The number of hydrogen-bond acceptors (Lipinski definition) is 6. The average Bonchev–Trinajstić information content (AvgIpc) is 3.39. The highest BCUT2D eigenvalue weighted by molar-refractivity contribution is 8.00. The van der Waals surface area contributed by atoms with Gasteiger partial charge in [-0.05, 0) is 70.0 Å². The standard InChI is InChI=1S/C36H32O5S/c1-5-23(2)18-24(3)25(4)40-34-21-32(41-36(38)31-17-15-27-11-7-9-13-29(27)20-31)33(42-34)22-39-35(37)30-16-14-26-10-6-8-12-28(26)19-30/h5-20,32-34H,1-2,4,21-22H2,3H3/b24-18+/t32-,33+,34?/m1/s1. The van der Waals surface area contributed by atoms with Gasteiger partial charge < -0.3 is 14.2 Å². The summed E-state index contributed by atoms with van der Waals surface area (Å²) in [6.07, 6.45) is 3.37. The minimum absolute atomic E-state index is 0.0560. The summed E-state index contributed by atoms with van der Waals surface area (Å²) in [6.45, 7) is 13.6. The fraction of sp³-hybridized carbons (Fsp3) is 0.167. The Morgan fingerprint density at radius 3 is 2.00 bits per heavy atom. The molecule has 0 radical (unpaired) electrons. The molecule has 0 amide bonds. The Balaban J connectivity index is 1.30. The van der Waals surface area contributed by atoms with Gasteiger partial charge in [0, 0.05) is 6.42 Å². The van der Waals surface area contributed by atoms with Crippen molar-refractivity contribution in [3.05, 3.63) is 145 Å². The van der Waals surface area contributed by atoms with E-state index in [1.165, 1.54) is 11.8 Å². The van der Waals surface area contributed by atoms with E-state index in [9.17, 15) is 9.59 Å². The Bertz CT molecular complexity index is 1720. The van der Waals surface area contributed by atoms with Crippen molar-refractivity contribution in [3.8, 4) is 0 Å². The number of allylic oxidation sites excluding steroid dienone is 4. The van der Waals surface area contributed by atoms with E-state index in [1.807, 2.05) is 85.8 Å². The van der Waals surface area contributed by atoms with Crippen molar-refractivity contribution in [2.75, 3.05) is 6.61 Å². The summed E-state index contributed by atoms with van der Waals surface area (Å²) in [5.41, 5.74) is 2.14. The van der Waals surface area contributed by atoms with E-state index in [4.69, 9.17) is 14.2 Å². The first kappa shape index (κ1) is 29.0. The van der Waals surface area contributed by atoms with Gasteiger partial charge in [-0.15, -0.1) is 11.8 Å². The molecule has 1 heterocycles. The number of esters is 2. The quantitative estimate of drug-likeness (QED) is 0.107. The molecule has 1 fully saturated rings. The number of carbonyl (C=O) groups is 2. The molecule has 1 aliphatic heterocycles. The third kappa shape index (κ3) is 6.84. The maximum absolute atomic E-state index is 13.2. The Morgan fingerprint density at radius 1 is 0.833 bits per heavy atom. The van der Waals surface area contributed by atoms with Crippen molar-refractivity contribution in [2.24, 2.45) is 0 Å². The van der Waals surface area contributed by atoms with Crippen molar-refractivity contribution < 1.29 is 23.8 Å². The zero-order valence-electron chi connectivity index (χ0n) is 23.5. The molecule has 1 aliphatic rings. The fourth-order valence-corrected chi connectivity index (χ4v) is 6.13. The Hall–Kier alpha value is -4.55. The Labute approximate surface area is 250 Å². The second kappa shape index (κ2) is 13.0. The summed E-state index contributed by atoms with van der Waals surface area (Å²) in [7, 11) is 0. The number of carbonyl (C=O) groups excluding carboxylic acids is 2. The van der Waals surface area contributed by atoms with Crippen LogP contribution in [0.15, 0.2) is 134 Å². The van der Waals surface area contributed by atoms with Crippen LogP contribution in [0, 0.1) is 0 Å². The summed E-state index contributed by atoms with van der Waals surface area (Å²) >= 11 is 1.46.